The zero-order valence-corrected chi connectivity index (χ0v) is 17.3. The van der Waals surface area contributed by atoms with Gasteiger partial charge in [0, 0.05) is 30.8 Å². The standard InChI is InChI=1S/C22H17F3N6O3/c23-22(24,25)16-12-15(29-20(32)18-3-1-10-34-18)4-5-17(16)30-21(33)27-13-14-6-8-26-19(11-14)31-9-2-7-28-31/h1-12H,13H2,(H,29,32)(H2,27,30,33). The summed E-state index contributed by atoms with van der Waals surface area (Å²) in [6.45, 7) is 0.0429. The molecule has 9 nitrogen and oxygen atoms in total. The van der Waals surface area contributed by atoms with Gasteiger partial charge in [-0.05, 0) is 54.1 Å². The average molecular weight is 470 g/mol. The highest BCUT2D eigenvalue weighted by Crippen LogP contribution is 2.36. The van der Waals surface area contributed by atoms with Crippen molar-refractivity contribution in [1.82, 2.24) is 20.1 Å². The van der Waals surface area contributed by atoms with Crippen LogP contribution in [0.25, 0.3) is 5.82 Å². The fraction of sp³-hybridized carbons (Fsp3) is 0.0909. The SMILES string of the molecule is O=C(NCc1ccnc(-n2cccn2)c1)Nc1ccc(NC(=O)c2ccco2)cc1C(F)(F)F. The van der Waals surface area contributed by atoms with Gasteiger partial charge in [0.2, 0.25) is 0 Å². The van der Waals surface area contributed by atoms with E-state index in [1.165, 1.54) is 35.3 Å². The molecule has 0 saturated carbocycles. The number of alkyl halides is 3. The summed E-state index contributed by atoms with van der Waals surface area (Å²) in [5.41, 5.74) is -1.02. The molecule has 4 aromatic rings. The van der Waals surface area contributed by atoms with Crippen LogP contribution in [0.2, 0.25) is 0 Å². The zero-order chi connectivity index (χ0) is 24.1. The van der Waals surface area contributed by atoms with Crippen molar-refractivity contribution in [2.75, 3.05) is 10.6 Å². The molecule has 0 bridgehead atoms. The predicted octanol–water partition coefficient (Wildman–Crippen LogP) is 4.45. The van der Waals surface area contributed by atoms with Gasteiger partial charge in [0.15, 0.2) is 11.6 Å². The van der Waals surface area contributed by atoms with Crippen molar-refractivity contribution in [2.45, 2.75) is 12.7 Å². The van der Waals surface area contributed by atoms with Gasteiger partial charge >= 0.3 is 12.2 Å². The summed E-state index contributed by atoms with van der Waals surface area (Å²) in [7, 11) is 0. The van der Waals surface area contributed by atoms with Gasteiger partial charge in [0.1, 0.15) is 0 Å². The number of aromatic nitrogens is 3. The molecule has 3 amide bonds. The number of carbonyl (C=O) groups is 2. The Balaban J connectivity index is 1.43. The van der Waals surface area contributed by atoms with Gasteiger partial charge in [-0.2, -0.15) is 18.3 Å². The van der Waals surface area contributed by atoms with E-state index >= 15 is 0 Å². The van der Waals surface area contributed by atoms with Crippen molar-refractivity contribution < 1.29 is 27.2 Å². The second-order valence-corrected chi connectivity index (χ2v) is 6.97. The van der Waals surface area contributed by atoms with Crippen molar-refractivity contribution in [2.24, 2.45) is 0 Å². The maximum absolute atomic E-state index is 13.6. The van der Waals surface area contributed by atoms with E-state index < -0.39 is 29.4 Å². The molecule has 0 aliphatic carbocycles. The van der Waals surface area contributed by atoms with Gasteiger partial charge in [0.25, 0.3) is 5.91 Å². The number of nitrogens with one attached hydrogen (secondary N) is 3. The highest BCUT2D eigenvalue weighted by atomic mass is 19.4. The molecule has 0 spiro atoms. The molecular weight excluding hydrogens is 453 g/mol. The third kappa shape index (κ3) is 5.41. The lowest BCUT2D eigenvalue weighted by Crippen LogP contribution is -2.29. The molecule has 0 atom stereocenters. The van der Waals surface area contributed by atoms with E-state index in [-0.39, 0.29) is 18.0 Å². The molecule has 0 aliphatic heterocycles. The Hall–Kier alpha value is -4.61. The summed E-state index contributed by atoms with van der Waals surface area (Å²) in [5, 5.41) is 11.1. The van der Waals surface area contributed by atoms with E-state index in [9.17, 15) is 22.8 Å². The second-order valence-electron chi connectivity index (χ2n) is 6.97. The molecule has 0 unspecified atom stereocenters. The van der Waals surface area contributed by atoms with E-state index in [0.29, 0.717) is 11.4 Å². The van der Waals surface area contributed by atoms with Crippen LogP contribution in [0.15, 0.2) is 77.8 Å². The van der Waals surface area contributed by atoms with Crippen LogP contribution in [-0.4, -0.2) is 26.7 Å². The Kier molecular flexibility index (Phi) is 6.30. The molecule has 0 radical (unpaired) electrons. The predicted molar refractivity (Wildman–Crippen MR) is 115 cm³/mol. The molecule has 1 aromatic carbocycles. The van der Waals surface area contributed by atoms with Crippen LogP contribution in [0.4, 0.5) is 29.3 Å². The minimum absolute atomic E-state index is 0.0429. The largest absolute Gasteiger partial charge is 0.459 e. The lowest BCUT2D eigenvalue weighted by molar-refractivity contribution is -0.136. The fourth-order valence-corrected chi connectivity index (χ4v) is 3.01. The quantitative estimate of drug-likeness (QED) is 0.385. The summed E-state index contributed by atoms with van der Waals surface area (Å²) in [6.07, 6.45) is 1.31. The number of pyridine rings is 1. The number of anilines is 2. The molecule has 34 heavy (non-hydrogen) atoms. The summed E-state index contributed by atoms with van der Waals surface area (Å²) >= 11 is 0. The number of hydrogen-bond acceptors (Lipinski definition) is 5. The zero-order valence-electron chi connectivity index (χ0n) is 17.3. The third-order valence-electron chi connectivity index (χ3n) is 4.58. The minimum atomic E-state index is -4.78. The van der Waals surface area contributed by atoms with Gasteiger partial charge in [-0.15, -0.1) is 0 Å². The Labute approximate surface area is 190 Å². The second kappa shape index (κ2) is 9.48. The average Bonchev–Trinajstić information content (AvgIpc) is 3.53. The van der Waals surface area contributed by atoms with Crippen LogP contribution in [0.5, 0.6) is 0 Å². The Morgan fingerprint density at radius 2 is 1.88 bits per heavy atom. The molecule has 0 fully saturated rings. The van der Waals surface area contributed by atoms with Gasteiger partial charge in [-0.1, -0.05) is 0 Å². The van der Waals surface area contributed by atoms with Crippen LogP contribution < -0.4 is 16.0 Å². The number of furan rings is 1. The number of rotatable bonds is 6. The number of halogens is 3. The van der Waals surface area contributed by atoms with Crippen molar-refractivity contribution >= 4 is 23.3 Å². The normalized spacial score (nSPS) is 11.1. The topological polar surface area (TPSA) is 114 Å². The minimum Gasteiger partial charge on any atom is -0.459 e. The van der Waals surface area contributed by atoms with Crippen LogP contribution in [0.1, 0.15) is 21.7 Å². The first-order valence-electron chi connectivity index (χ1n) is 9.85. The van der Waals surface area contributed by atoms with Crippen molar-refractivity contribution in [3.05, 3.63) is 90.3 Å². The maximum atomic E-state index is 13.6. The number of amides is 3. The number of nitrogens with zero attached hydrogens (tertiary/aromatic N) is 3. The van der Waals surface area contributed by atoms with Crippen molar-refractivity contribution in [1.29, 1.82) is 0 Å². The molecule has 12 heteroatoms. The van der Waals surface area contributed by atoms with Gasteiger partial charge in [-0.25, -0.2) is 14.5 Å². The first kappa shape index (κ1) is 22.6. The van der Waals surface area contributed by atoms with E-state index in [0.717, 1.165) is 12.1 Å². The van der Waals surface area contributed by atoms with E-state index in [2.05, 4.69) is 26.0 Å². The third-order valence-corrected chi connectivity index (χ3v) is 4.58. The Morgan fingerprint density at radius 1 is 1.03 bits per heavy atom. The Bertz CT molecular complexity index is 1290. The van der Waals surface area contributed by atoms with Crippen molar-refractivity contribution in [3.8, 4) is 5.82 Å². The molecular formula is C22H17F3N6O3. The molecule has 4 rings (SSSR count). The number of benzene rings is 1. The summed E-state index contributed by atoms with van der Waals surface area (Å²) in [4.78, 5) is 28.5. The number of hydrogen-bond donors (Lipinski definition) is 3. The number of urea groups is 1. The smallest absolute Gasteiger partial charge is 0.418 e. The lowest BCUT2D eigenvalue weighted by atomic mass is 10.1. The molecule has 3 aromatic heterocycles. The van der Waals surface area contributed by atoms with Gasteiger partial charge < -0.3 is 20.4 Å². The van der Waals surface area contributed by atoms with Crippen LogP contribution in [0, 0.1) is 0 Å². The molecule has 3 heterocycles. The molecule has 3 N–H and O–H groups in total. The summed E-state index contributed by atoms with van der Waals surface area (Å²) < 4.78 is 47.3. The van der Waals surface area contributed by atoms with Gasteiger partial charge in [0.05, 0.1) is 17.5 Å². The van der Waals surface area contributed by atoms with E-state index in [1.807, 2.05) is 0 Å². The highest BCUT2D eigenvalue weighted by Gasteiger charge is 2.34. The lowest BCUT2D eigenvalue weighted by Gasteiger charge is -2.16. The number of carbonyl (C=O) groups excluding carboxylic acids is 2. The summed E-state index contributed by atoms with van der Waals surface area (Å²) in [5.74, 6) is -0.235. The maximum Gasteiger partial charge on any atom is 0.418 e. The first-order chi connectivity index (χ1) is 16.3. The molecule has 0 aliphatic rings. The van der Waals surface area contributed by atoms with Crippen LogP contribution in [-0.2, 0) is 12.7 Å². The first-order valence-corrected chi connectivity index (χ1v) is 9.85. The fourth-order valence-electron chi connectivity index (χ4n) is 3.01. The summed E-state index contributed by atoms with van der Waals surface area (Å²) in [6, 6.07) is 10.1. The van der Waals surface area contributed by atoms with Gasteiger partial charge in [-0.3, -0.25) is 4.79 Å². The van der Waals surface area contributed by atoms with E-state index in [1.54, 1.807) is 30.6 Å². The van der Waals surface area contributed by atoms with Crippen molar-refractivity contribution in [3.63, 3.8) is 0 Å². The highest BCUT2D eigenvalue weighted by molar-refractivity contribution is 6.02. The molecule has 0 saturated heterocycles. The van der Waals surface area contributed by atoms with Crippen LogP contribution >= 0.6 is 0 Å². The molecule has 174 valence electrons. The monoisotopic (exact) mass is 470 g/mol. The Morgan fingerprint density at radius 3 is 2.59 bits per heavy atom. The van der Waals surface area contributed by atoms with Crippen LogP contribution in [0.3, 0.4) is 0 Å². The van der Waals surface area contributed by atoms with E-state index in [4.69, 9.17) is 4.42 Å².